The van der Waals surface area contributed by atoms with Crippen LogP contribution in [0.2, 0.25) is 10.0 Å². The minimum atomic E-state index is -0.509. The minimum absolute atomic E-state index is 0.0319. The zero-order valence-corrected chi connectivity index (χ0v) is 17.1. The van der Waals surface area contributed by atoms with E-state index in [1.807, 2.05) is 17.0 Å². The zero-order chi connectivity index (χ0) is 20.1. The summed E-state index contributed by atoms with van der Waals surface area (Å²) in [6, 6.07) is 13.6. The molecule has 28 heavy (non-hydrogen) atoms. The van der Waals surface area contributed by atoms with Crippen molar-refractivity contribution in [2.45, 2.75) is 13.0 Å². The summed E-state index contributed by atoms with van der Waals surface area (Å²) in [6.07, 6.45) is 0. The molecule has 1 aliphatic heterocycles. The molecule has 0 saturated carbocycles. The number of hydrogen-bond donors (Lipinski definition) is 0. The first-order valence-corrected chi connectivity index (χ1v) is 9.96. The van der Waals surface area contributed by atoms with Crippen molar-refractivity contribution in [3.8, 4) is 0 Å². The van der Waals surface area contributed by atoms with E-state index in [0.29, 0.717) is 48.4 Å². The molecule has 7 heteroatoms. The first kappa shape index (κ1) is 20.6. The average molecular weight is 421 g/mol. The van der Waals surface area contributed by atoms with E-state index in [9.17, 15) is 9.59 Å². The third-order valence-electron chi connectivity index (χ3n) is 4.75. The van der Waals surface area contributed by atoms with Crippen LogP contribution in [0.4, 0.5) is 0 Å². The molecule has 5 nitrogen and oxygen atoms in total. The van der Waals surface area contributed by atoms with E-state index in [4.69, 9.17) is 27.9 Å². The van der Waals surface area contributed by atoms with Crippen molar-refractivity contribution in [1.29, 1.82) is 0 Å². The summed E-state index contributed by atoms with van der Waals surface area (Å²) in [6.45, 7) is 4.32. The Morgan fingerprint density at radius 2 is 1.46 bits per heavy atom. The van der Waals surface area contributed by atoms with Gasteiger partial charge in [-0.25, -0.2) is 4.79 Å². The topological polar surface area (TPSA) is 49.9 Å². The van der Waals surface area contributed by atoms with Gasteiger partial charge in [0, 0.05) is 41.8 Å². The molecular weight excluding hydrogens is 399 g/mol. The summed E-state index contributed by atoms with van der Waals surface area (Å²) >= 11 is 11.9. The Morgan fingerprint density at radius 3 is 2.00 bits per heavy atom. The molecule has 0 unspecified atom stereocenters. The highest BCUT2D eigenvalue weighted by Gasteiger charge is 2.32. The second-order valence-corrected chi connectivity index (χ2v) is 7.41. The Bertz CT molecular complexity index is 817. The van der Waals surface area contributed by atoms with Gasteiger partial charge in [0.1, 0.15) is 6.04 Å². The molecule has 1 atom stereocenters. The van der Waals surface area contributed by atoms with E-state index in [-0.39, 0.29) is 11.9 Å². The molecule has 0 radical (unpaired) electrons. The molecule has 0 aromatic heterocycles. The van der Waals surface area contributed by atoms with E-state index in [0.717, 1.165) is 5.56 Å². The normalized spacial score (nSPS) is 15.9. The number of amides is 1. The lowest BCUT2D eigenvalue weighted by Gasteiger charge is -2.38. The molecule has 148 valence electrons. The summed E-state index contributed by atoms with van der Waals surface area (Å²) in [5, 5.41) is 1.21. The summed E-state index contributed by atoms with van der Waals surface area (Å²) in [5.41, 5.74) is 1.44. The van der Waals surface area contributed by atoms with Gasteiger partial charge < -0.3 is 9.64 Å². The fraction of sp³-hybridized carbons (Fsp3) is 0.333. The maximum Gasteiger partial charge on any atom is 0.328 e. The van der Waals surface area contributed by atoms with Gasteiger partial charge in [0.05, 0.1) is 6.61 Å². The van der Waals surface area contributed by atoms with Crippen LogP contribution in [0, 0.1) is 0 Å². The van der Waals surface area contributed by atoms with Crippen molar-refractivity contribution in [3.05, 3.63) is 69.7 Å². The van der Waals surface area contributed by atoms with E-state index >= 15 is 0 Å². The number of carbonyl (C=O) groups excluding carboxylic acids is 2. The van der Waals surface area contributed by atoms with Crippen LogP contribution >= 0.6 is 23.2 Å². The summed E-state index contributed by atoms with van der Waals surface area (Å²) < 4.78 is 5.29. The number of halogens is 2. The van der Waals surface area contributed by atoms with Crippen LogP contribution in [0.3, 0.4) is 0 Å². The lowest BCUT2D eigenvalue weighted by Crippen LogP contribution is -2.51. The highest BCUT2D eigenvalue weighted by atomic mass is 35.5. The van der Waals surface area contributed by atoms with Gasteiger partial charge in [-0.1, -0.05) is 35.3 Å². The third-order valence-corrected chi connectivity index (χ3v) is 5.26. The predicted molar refractivity (Wildman–Crippen MR) is 110 cm³/mol. The minimum Gasteiger partial charge on any atom is -0.465 e. The van der Waals surface area contributed by atoms with Gasteiger partial charge in [0.15, 0.2) is 0 Å². The Morgan fingerprint density at radius 1 is 0.929 bits per heavy atom. The van der Waals surface area contributed by atoms with Gasteiger partial charge in [-0.2, -0.15) is 0 Å². The molecule has 0 bridgehead atoms. The molecule has 1 amide bonds. The number of ether oxygens (including phenoxy) is 1. The van der Waals surface area contributed by atoms with Crippen molar-refractivity contribution in [3.63, 3.8) is 0 Å². The molecule has 2 aromatic carbocycles. The number of nitrogens with zero attached hydrogens (tertiary/aromatic N) is 2. The van der Waals surface area contributed by atoms with Crippen molar-refractivity contribution in [2.75, 3.05) is 32.8 Å². The van der Waals surface area contributed by atoms with E-state index in [1.165, 1.54) is 0 Å². The van der Waals surface area contributed by atoms with Crippen molar-refractivity contribution < 1.29 is 14.3 Å². The highest BCUT2D eigenvalue weighted by molar-refractivity contribution is 6.30. The number of benzene rings is 2. The Hall–Kier alpha value is -2.08. The number of hydrogen-bond acceptors (Lipinski definition) is 4. The lowest BCUT2D eigenvalue weighted by atomic mass is 10.0. The average Bonchev–Trinajstić information content (AvgIpc) is 2.70. The zero-order valence-electron chi connectivity index (χ0n) is 15.6. The van der Waals surface area contributed by atoms with Crippen molar-refractivity contribution >= 4 is 35.1 Å². The number of esters is 1. The van der Waals surface area contributed by atoms with Crippen LogP contribution in [0.1, 0.15) is 28.9 Å². The van der Waals surface area contributed by atoms with Gasteiger partial charge in [0.25, 0.3) is 5.91 Å². The Labute approximate surface area is 174 Å². The largest absolute Gasteiger partial charge is 0.465 e. The van der Waals surface area contributed by atoms with Crippen LogP contribution in [0.5, 0.6) is 0 Å². The fourth-order valence-electron chi connectivity index (χ4n) is 3.32. The Kier molecular flexibility index (Phi) is 6.94. The monoisotopic (exact) mass is 420 g/mol. The van der Waals surface area contributed by atoms with Gasteiger partial charge in [0.2, 0.25) is 0 Å². The summed E-state index contributed by atoms with van der Waals surface area (Å²) in [7, 11) is 0. The molecular formula is C21H22Cl2N2O3. The Balaban J connectivity index is 1.71. The fourth-order valence-corrected chi connectivity index (χ4v) is 3.57. The highest BCUT2D eigenvalue weighted by Crippen LogP contribution is 2.26. The molecule has 2 aromatic rings. The first-order chi connectivity index (χ1) is 13.5. The van der Waals surface area contributed by atoms with Crippen LogP contribution < -0.4 is 0 Å². The molecule has 1 saturated heterocycles. The van der Waals surface area contributed by atoms with E-state index < -0.39 is 6.04 Å². The maximum atomic E-state index is 12.7. The van der Waals surface area contributed by atoms with Gasteiger partial charge in [-0.15, -0.1) is 0 Å². The maximum absolute atomic E-state index is 12.7. The van der Waals surface area contributed by atoms with Gasteiger partial charge >= 0.3 is 5.97 Å². The SMILES string of the molecule is CCOC(=O)[C@H](c1ccc(Cl)cc1)N1CCN(C(=O)c2ccc(Cl)cc2)CC1. The molecule has 1 fully saturated rings. The summed E-state index contributed by atoms with van der Waals surface area (Å²) in [5.74, 6) is -0.321. The van der Waals surface area contributed by atoms with Crippen molar-refractivity contribution in [1.82, 2.24) is 9.80 Å². The predicted octanol–water partition coefficient (Wildman–Crippen LogP) is 4.06. The molecule has 0 N–H and O–H groups in total. The first-order valence-electron chi connectivity index (χ1n) is 9.20. The van der Waals surface area contributed by atoms with E-state index in [1.54, 1.807) is 48.2 Å². The van der Waals surface area contributed by atoms with Crippen LogP contribution in [0.15, 0.2) is 48.5 Å². The van der Waals surface area contributed by atoms with Gasteiger partial charge in [-0.05, 0) is 48.9 Å². The molecule has 3 rings (SSSR count). The van der Waals surface area contributed by atoms with Crippen molar-refractivity contribution in [2.24, 2.45) is 0 Å². The molecule has 1 aliphatic rings. The lowest BCUT2D eigenvalue weighted by molar-refractivity contribution is -0.150. The van der Waals surface area contributed by atoms with Crippen LogP contribution in [-0.4, -0.2) is 54.5 Å². The number of rotatable bonds is 5. The second kappa shape index (κ2) is 9.41. The number of piperazine rings is 1. The number of carbonyl (C=O) groups is 2. The van der Waals surface area contributed by atoms with Crippen LogP contribution in [-0.2, 0) is 9.53 Å². The summed E-state index contributed by atoms with van der Waals surface area (Å²) in [4.78, 5) is 29.1. The second-order valence-electron chi connectivity index (χ2n) is 6.54. The smallest absolute Gasteiger partial charge is 0.328 e. The van der Waals surface area contributed by atoms with E-state index in [2.05, 4.69) is 0 Å². The molecule has 0 aliphatic carbocycles. The van der Waals surface area contributed by atoms with Gasteiger partial charge in [-0.3, -0.25) is 9.69 Å². The van der Waals surface area contributed by atoms with Crippen LogP contribution in [0.25, 0.3) is 0 Å². The third kappa shape index (κ3) is 4.85. The molecule has 1 heterocycles. The molecule has 0 spiro atoms. The standard InChI is InChI=1S/C21H22Cl2N2O3/c1-2-28-21(27)19(15-3-7-17(22)8-4-15)24-11-13-25(14-12-24)20(26)16-5-9-18(23)10-6-16/h3-10,19H,2,11-14H2,1H3/t19-/m0/s1. The quantitative estimate of drug-likeness (QED) is 0.684.